The van der Waals surface area contributed by atoms with Gasteiger partial charge in [-0.05, 0) is 45.3 Å². The highest BCUT2D eigenvalue weighted by Crippen LogP contribution is 2.40. The van der Waals surface area contributed by atoms with Gasteiger partial charge in [-0.15, -0.1) is 0 Å². The van der Waals surface area contributed by atoms with E-state index >= 15 is 0 Å². The number of nitrogens with zero attached hydrogens (tertiary/aromatic N) is 1. The molecule has 0 bridgehead atoms. The highest BCUT2D eigenvalue weighted by molar-refractivity contribution is 5.87. The maximum absolute atomic E-state index is 13.2. The van der Waals surface area contributed by atoms with Gasteiger partial charge in [-0.25, -0.2) is 0 Å². The second-order valence-electron chi connectivity index (χ2n) is 10.6. The molecule has 1 aromatic carbocycles. The molecule has 1 saturated heterocycles. The molecule has 0 radical (unpaired) electrons. The van der Waals surface area contributed by atoms with Crippen LogP contribution in [-0.4, -0.2) is 45.6 Å². The molecule has 0 aliphatic carbocycles. The number of Topliss-reactive ketones (excluding diaryl/α,β-unsaturated/α-hetero) is 1. The number of unbranched alkanes of at least 4 members (excludes halogenated alkanes) is 11. The quantitative estimate of drug-likeness (QED) is 0.173. The van der Waals surface area contributed by atoms with E-state index in [1.807, 2.05) is 0 Å². The van der Waals surface area contributed by atoms with Crippen molar-refractivity contribution in [3.63, 3.8) is 0 Å². The summed E-state index contributed by atoms with van der Waals surface area (Å²) in [5, 5.41) is 30.6. The van der Waals surface area contributed by atoms with Crippen LogP contribution in [0.2, 0.25) is 0 Å². The molecule has 200 valence electrons. The lowest BCUT2D eigenvalue weighted by atomic mass is 9.86. The first-order valence-corrected chi connectivity index (χ1v) is 14.5. The number of carbonyl (C=O) groups is 1. The lowest BCUT2D eigenvalue weighted by Crippen LogP contribution is -2.31. The van der Waals surface area contributed by atoms with Crippen LogP contribution in [0.15, 0.2) is 12.1 Å². The molecular weight excluding hydrogens is 438 g/mol. The second kappa shape index (κ2) is 17.6. The Morgan fingerprint density at radius 3 is 1.83 bits per heavy atom. The van der Waals surface area contributed by atoms with Gasteiger partial charge in [0.05, 0.1) is 0 Å². The predicted molar refractivity (Wildman–Crippen MR) is 144 cm³/mol. The van der Waals surface area contributed by atoms with Crippen molar-refractivity contribution in [3.8, 4) is 17.2 Å². The number of benzene rings is 1. The van der Waals surface area contributed by atoms with Crippen LogP contribution in [0.4, 0.5) is 0 Å². The highest BCUT2D eigenvalue weighted by atomic mass is 16.3. The molecule has 1 unspecified atom stereocenters. The Morgan fingerprint density at radius 1 is 0.771 bits per heavy atom. The molecule has 5 nitrogen and oxygen atoms in total. The van der Waals surface area contributed by atoms with Crippen LogP contribution in [0.25, 0.3) is 0 Å². The van der Waals surface area contributed by atoms with Crippen molar-refractivity contribution in [2.45, 2.75) is 128 Å². The lowest BCUT2D eigenvalue weighted by Gasteiger charge is -2.26. The lowest BCUT2D eigenvalue weighted by molar-refractivity contribution is -0.121. The predicted octanol–water partition coefficient (Wildman–Crippen LogP) is 7.81. The maximum atomic E-state index is 13.2. The van der Waals surface area contributed by atoms with E-state index in [0.29, 0.717) is 12.8 Å². The molecular formula is C30H51NO4. The average Bonchev–Trinajstić information content (AvgIpc) is 2.83. The monoisotopic (exact) mass is 489 g/mol. The van der Waals surface area contributed by atoms with Gasteiger partial charge in [0, 0.05) is 30.0 Å². The number of aromatic hydroxyl groups is 3. The van der Waals surface area contributed by atoms with Crippen LogP contribution in [0.5, 0.6) is 17.2 Å². The van der Waals surface area contributed by atoms with Gasteiger partial charge >= 0.3 is 0 Å². The molecule has 2 rings (SSSR count). The number of rotatable bonds is 19. The molecule has 0 spiro atoms. The van der Waals surface area contributed by atoms with E-state index in [1.54, 1.807) is 0 Å². The van der Waals surface area contributed by atoms with E-state index < -0.39 is 5.92 Å². The Balaban J connectivity index is 1.76. The Morgan fingerprint density at radius 2 is 1.29 bits per heavy atom. The zero-order valence-electron chi connectivity index (χ0n) is 22.3. The number of hydrogen-bond acceptors (Lipinski definition) is 5. The van der Waals surface area contributed by atoms with E-state index in [1.165, 1.54) is 95.6 Å². The molecule has 3 N–H and O–H groups in total. The molecule has 0 amide bonds. The van der Waals surface area contributed by atoms with Gasteiger partial charge in [0.2, 0.25) is 0 Å². The van der Waals surface area contributed by atoms with Crippen molar-refractivity contribution < 1.29 is 20.1 Å². The number of piperidine rings is 1. The van der Waals surface area contributed by atoms with Gasteiger partial charge in [-0.2, -0.15) is 0 Å². The van der Waals surface area contributed by atoms with Crippen LogP contribution >= 0.6 is 0 Å². The van der Waals surface area contributed by atoms with Gasteiger partial charge in [-0.3, -0.25) is 4.79 Å². The smallest absolute Gasteiger partial charge is 0.140 e. The fourth-order valence-electron chi connectivity index (χ4n) is 5.46. The summed E-state index contributed by atoms with van der Waals surface area (Å²) in [6.07, 6.45) is 20.8. The standard InChI is InChI=1S/C30H51NO4/c1-2-3-4-5-6-7-8-9-10-11-12-14-18-26(30-28(34)23-25(32)24-29(30)35)27(33)19-17-22-31-20-15-13-16-21-31/h23-24,26,32,34-35H,2-22H2,1H3. The van der Waals surface area contributed by atoms with Crippen molar-refractivity contribution in [1.29, 1.82) is 0 Å². The maximum Gasteiger partial charge on any atom is 0.140 e. The number of carbonyl (C=O) groups excluding carboxylic acids is 1. The van der Waals surface area contributed by atoms with Crippen molar-refractivity contribution in [3.05, 3.63) is 17.7 Å². The summed E-state index contributed by atoms with van der Waals surface area (Å²) < 4.78 is 0. The van der Waals surface area contributed by atoms with E-state index in [9.17, 15) is 20.1 Å². The Labute approximate surface area is 213 Å². The van der Waals surface area contributed by atoms with Gasteiger partial charge in [-0.1, -0.05) is 90.4 Å². The number of phenolic OH excluding ortho intramolecular Hbond substituents is 3. The zero-order valence-corrected chi connectivity index (χ0v) is 22.3. The summed E-state index contributed by atoms with van der Waals surface area (Å²) in [6, 6.07) is 2.45. The van der Waals surface area contributed by atoms with E-state index in [4.69, 9.17) is 0 Å². The van der Waals surface area contributed by atoms with Crippen LogP contribution in [0.1, 0.15) is 134 Å². The normalized spacial score (nSPS) is 15.3. The number of ketones is 1. The van der Waals surface area contributed by atoms with Gasteiger partial charge in [0.15, 0.2) is 0 Å². The largest absolute Gasteiger partial charge is 0.508 e. The summed E-state index contributed by atoms with van der Waals surface area (Å²) in [4.78, 5) is 15.6. The van der Waals surface area contributed by atoms with Gasteiger partial charge in [0.25, 0.3) is 0 Å². The molecule has 1 heterocycles. The first-order valence-electron chi connectivity index (χ1n) is 14.5. The SMILES string of the molecule is CCCCCCCCCCCCCCC(C(=O)CCCN1CCCCC1)c1c(O)cc(O)cc1O. The average molecular weight is 490 g/mol. The third-order valence-corrected chi connectivity index (χ3v) is 7.55. The van der Waals surface area contributed by atoms with Crippen molar-refractivity contribution in [1.82, 2.24) is 4.90 Å². The van der Waals surface area contributed by atoms with Crippen molar-refractivity contribution >= 4 is 5.78 Å². The summed E-state index contributed by atoms with van der Waals surface area (Å²) in [5.41, 5.74) is 0.286. The van der Waals surface area contributed by atoms with Crippen LogP contribution < -0.4 is 0 Å². The third kappa shape index (κ3) is 11.7. The van der Waals surface area contributed by atoms with E-state index in [2.05, 4.69) is 11.8 Å². The molecule has 5 heteroatoms. The third-order valence-electron chi connectivity index (χ3n) is 7.55. The molecule has 35 heavy (non-hydrogen) atoms. The van der Waals surface area contributed by atoms with Gasteiger partial charge in [0.1, 0.15) is 23.0 Å². The molecule has 0 saturated carbocycles. The molecule has 0 aromatic heterocycles. The van der Waals surface area contributed by atoms with Crippen LogP contribution in [0, 0.1) is 0 Å². The minimum absolute atomic E-state index is 0.0846. The number of likely N-dealkylation sites (tertiary alicyclic amines) is 1. The number of phenols is 3. The summed E-state index contributed by atoms with van der Waals surface area (Å²) >= 11 is 0. The topological polar surface area (TPSA) is 81.0 Å². The zero-order chi connectivity index (χ0) is 25.3. The summed E-state index contributed by atoms with van der Waals surface area (Å²) in [5.74, 6) is -0.988. The second-order valence-corrected chi connectivity index (χ2v) is 10.6. The highest BCUT2D eigenvalue weighted by Gasteiger charge is 2.26. The minimum Gasteiger partial charge on any atom is -0.508 e. The Kier molecular flexibility index (Phi) is 14.9. The van der Waals surface area contributed by atoms with Crippen molar-refractivity contribution in [2.75, 3.05) is 19.6 Å². The summed E-state index contributed by atoms with van der Waals surface area (Å²) in [6.45, 7) is 5.43. The fraction of sp³-hybridized carbons (Fsp3) is 0.767. The molecule has 1 aromatic rings. The molecule has 1 fully saturated rings. The van der Waals surface area contributed by atoms with Crippen LogP contribution in [-0.2, 0) is 4.79 Å². The van der Waals surface area contributed by atoms with Gasteiger partial charge < -0.3 is 20.2 Å². The molecule has 1 aliphatic heterocycles. The molecule has 1 aliphatic rings. The van der Waals surface area contributed by atoms with Crippen LogP contribution in [0.3, 0.4) is 0 Å². The molecule has 1 atom stereocenters. The minimum atomic E-state index is -0.514. The Hall–Kier alpha value is -1.75. The van der Waals surface area contributed by atoms with Crippen molar-refractivity contribution in [2.24, 2.45) is 0 Å². The van der Waals surface area contributed by atoms with E-state index in [0.717, 1.165) is 38.9 Å². The Bertz CT molecular complexity index is 691. The fourth-order valence-corrected chi connectivity index (χ4v) is 5.46. The number of hydrogen-bond donors (Lipinski definition) is 3. The van der Waals surface area contributed by atoms with E-state index in [-0.39, 0.29) is 28.6 Å². The first-order chi connectivity index (χ1) is 17.0. The summed E-state index contributed by atoms with van der Waals surface area (Å²) in [7, 11) is 0. The first kappa shape index (κ1) is 29.5.